The van der Waals surface area contributed by atoms with Crippen LogP contribution in [0.3, 0.4) is 0 Å². The molecule has 0 aromatic carbocycles. The van der Waals surface area contributed by atoms with Gasteiger partial charge in [-0.25, -0.2) is 9.78 Å². The number of halogens is 1. The molecule has 1 fully saturated rings. The second-order valence-electron chi connectivity index (χ2n) is 5.66. The van der Waals surface area contributed by atoms with Crippen LogP contribution in [-0.2, 0) is 6.54 Å². The lowest BCUT2D eigenvalue weighted by molar-refractivity contribution is 0.193. The van der Waals surface area contributed by atoms with E-state index >= 15 is 0 Å². The van der Waals surface area contributed by atoms with Gasteiger partial charge in [-0.3, -0.25) is 5.10 Å². The third-order valence-electron chi connectivity index (χ3n) is 4.25. The van der Waals surface area contributed by atoms with Crippen molar-refractivity contribution in [1.82, 2.24) is 24.6 Å². The second kappa shape index (κ2) is 7.31. The number of hydrogen-bond donors (Lipinski definition) is 2. The topological polar surface area (TPSA) is 78.8 Å². The Labute approximate surface area is 150 Å². The van der Waals surface area contributed by atoms with E-state index in [0.29, 0.717) is 34.6 Å². The van der Waals surface area contributed by atoms with Crippen LogP contribution < -0.4 is 5.32 Å². The first-order chi connectivity index (χ1) is 11.6. The maximum Gasteiger partial charge on any atom is 0.321 e. The third kappa shape index (κ3) is 3.44. The zero-order valence-electron chi connectivity index (χ0n) is 13.3. The van der Waals surface area contributed by atoms with Gasteiger partial charge in [0.1, 0.15) is 5.82 Å². The number of H-pyrrole nitrogens is 1. The molecular weight excluding hydrogens is 348 g/mol. The summed E-state index contributed by atoms with van der Waals surface area (Å²) in [7, 11) is 0. The molecule has 0 aliphatic carbocycles. The molecule has 0 bridgehead atoms. The molecule has 1 saturated heterocycles. The number of anilines is 1. The van der Waals surface area contributed by atoms with Crippen molar-refractivity contribution >= 4 is 35.5 Å². The maximum absolute atomic E-state index is 12.4. The second-order valence-corrected chi connectivity index (χ2v) is 6.41. The SMILES string of the molecule is CCn1c(C2CCN(C(=O)Nc3cccnc3Cl)CC2)n[nH]c1=S. The largest absolute Gasteiger partial charge is 0.324 e. The summed E-state index contributed by atoms with van der Waals surface area (Å²) < 4.78 is 2.67. The minimum Gasteiger partial charge on any atom is -0.324 e. The van der Waals surface area contributed by atoms with Crippen LogP contribution in [0.15, 0.2) is 18.3 Å². The first-order valence-electron chi connectivity index (χ1n) is 7.91. The monoisotopic (exact) mass is 366 g/mol. The summed E-state index contributed by atoms with van der Waals surface area (Å²) in [6.07, 6.45) is 3.30. The molecule has 0 spiro atoms. The number of carbonyl (C=O) groups excluding carboxylic acids is 1. The predicted molar refractivity (Wildman–Crippen MR) is 94.9 cm³/mol. The van der Waals surface area contributed by atoms with Crippen LogP contribution in [0.25, 0.3) is 0 Å². The highest BCUT2D eigenvalue weighted by Crippen LogP contribution is 2.27. The van der Waals surface area contributed by atoms with Crippen LogP contribution in [0.2, 0.25) is 5.15 Å². The van der Waals surface area contributed by atoms with Crippen LogP contribution >= 0.6 is 23.8 Å². The Hall–Kier alpha value is -1.93. The summed E-state index contributed by atoms with van der Waals surface area (Å²) in [6, 6.07) is 3.32. The molecular formula is C15H19ClN6OS. The molecule has 0 unspecified atom stereocenters. The zero-order chi connectivity index (χ0) is 17.1. The minimum atomic E-state index is -0.155. The van der Waals surface area contributed by atoms with Crippen molar-refractivity contribution in [2.45, 2.75) is 32.2 Å². The fraction of sp³-hybridized carbons (Fsp3) is 0.467. The number of rotatable bonds is 3. The Bertz CT molecular complexity index is 780. The van der Waals surface area contributed by atoms with Gasteiger partial charge in [-0.2, -0.15) is 5.10 Å². The van der Waals surface area contributed by atoms with Crippen LogP contribution in [0.1, 0.15) is 31.5 Å². The number of piperidine rings is 1. The lowest BCUT2D eigenvalue weighted by Crippen LogP contribution is -2.41. The molecule has 2 N–H and O–H groups in total. The Balaban J connectivity index is 1.61. The van der Waals surface area contributed by atoms with Crippen molar-refractivity contribution < 1.29 is 4.79 Å². The van der Waals surface area contributed by atoms with Gasteiger partial charge in [-0.15, -0.1) is 0 Å². The fourth-order valence-corrected chi connectivity index (χ4v) is 3.40. The molecule has 1 aliphatic rings. The van der Waals surface area contributed by atoms with Gasteiger partial charge in [-0.1, -0.05) is 11.6 Å². The van der Waals surface area contributed by atoms with Gasteiger partial charge >= 0.3 is 6.03 Å². The van der Waals surface area contributed by atoms with Crippen molar-refractivity contribution in [2.24, 2.45) is 0 Å². The van der Waals surface area contributed by atoms with Gasteiger partial charge in [0.05, 0.1) is 5.69 Å². The van der Waals surface area contributed by atoms with E-state index in [9.17, 15) is 4.79 Å². The highest BCUT2D eigenvalue weighted by Gasteiger charge is 2.27. The lowest BCUT2D eigenvalue weighted by Gasteiger charge is -2.31. The molecule has 24 heavy (non-hydrogen) atoms. The van der Waals surface area contributed by atoms with Crippen molar-refractivity contribution in [3.63, 3.8) is 0 Å². The highest BCUT2D eigenvalue weighted by atomic mass is 35.5. The molecule has 128 valence electrons. The standard InChI is InChI=1S/C15H19ClN6OS/c1-2-22-13(19-20-15(22)24)10-5-8-21(9-6-10)14(23)18-11-4-3-7-17-12(11)16/h3-4,7,10H,2,5-6,8-9H2,1H3,(H,18,23)(H,20,24). The Kier molecular flexibility index (Phi) is 5.15. The number of nitrogens with one attached hydrogen (secondary N) is 2. The molecule has 3 heterocycles. The number of amides is 2. The van der Waals surface area contributed by atoms with Gasteiger partial charge in [-0.05, 0) is 44.1 Å². The average molecular weight is 367 g/mol. The lowest BCUT2D eigenvalue weighted by atomic mass is 9.96. The first kappa shape index (κ1) is 16.9. The summed E-state index contributed by atoms with van der Waals surface area (Å²) in [5.41, 5.74) is 0.526. The number of hydrogen-bond acceptors (Lipinski definition) is 4. The van der Waals surface area contributed by atoms with Crippen LogP contribution in [0, 0.1) is 4.77 Å². The Morgan fingerprint density at radius 2 is 2.25 bits per heavy atom. The molecule has 1 aliphatic heterocycles. The van der Waals surface area contributed by atoms with Crippen LogP contribution in [-0.4, -0.2) is 43.8 Å². The molecule has 0 saturated carbocycles. The number of urea groups is 1. The number of aromatic nitrogens is 4. The highest BCUT2D eigenvalue weighted by molar-refractivity contribution is 7.71. The smallest absolute Gasteiger partial charge is 0.321 e. The normalized spacial score (nSPS) is 15.5. The predicted octanol–water partition coefficient (Wildman–Crippen LogP) is 3.42. The molecule has 7 nitrogen and oxygen atoms in total. The Morgan fingerprint density at radius 1 is 1.50 bits per heavy atom. The molecule has 2 aromatic heterocycles. The maximum atomic E-state index is 12.4. The molecule has 3 rings (SSSR count). The molecule has 9 heteroatoms. The summed E-state index contributed by atoms with van der Waals surface area (Å²) in [4.78, 5) is 18.1. The van der Waals surface area contributed by atoms with Gasteiger partial charge in [0.25, 0.3) is 0 Å². The van der Waals surface area contributed by atoms with Crippen molar-refractivity contribution in [3.05, 3.63) is 34.1 Å². The van der Waals surface area contributed by atoms with Crippen molar-refractivity contribution in [3.8, 4) is 0 Å². The van der Waals surface area contributed by atoms with Crippen molar-refractivity contribution in [2.75, 3.05) is 18.4 Å². The Morgan fingerprint density at radius 3 is 2.92 bits per heavy atom. The van der Waals surface area contributed by atoms with Gasteiger partial charge in [0.2, 0.25) is 0 Å². The van der Waals surface area contributed by atoms with E-state index in [1.54, 1.807) is 23.2 Å². The number of nitrogens with zero attached hydrogens (tertiary/aromatic N) is 4. The van der Waals surface area contributed by atoms with E-state index in [1.165, 1.54) is 0 Å². The van der Waals surface area contributed by atoms with Gasteiger partial charge in [0, 0.05) is 31.7 Å². The van der Waals surface area contributed by atoms with Crippen molar-refractivity contribution in [1.29, 1.82) is 0 Å². The van der Waals surface area contributed by atoms with E-state index < -0.39 is 0 Å². The quantitative estimate of drug-likeness (QED) is 0.644. The summed E-state index contributed by atoms with van der Waals surface area (Å²) >= 11 is 11.2. The molecule has 0 radical (unpaired) electrons. The number of aromatic amines is 1. The van der Waals surface area contributed by atoms with E-state index in [1.807, 2.05) is 4.57 Å². The number of carbonyl (C=O) groups is 1. The molecule has 0 atom stereocenters. The van der Waals surface area contributed by atoms with E-state index in [2.05, 4.69) is 27.4 Å². The zero-order valence-corrected chi connectivity index (χ0v) is 14.9. The summed E-state index contributed by atoms with van der Waals surface area (Å²) in [5.74, 6) is 1.29. The fourth-order valence-electron chi connectivity index (χ4n) is 2.96. The van der Waals surface area contributed by atoms with E-state index in [4.69, 9.17) is 23.8 Å². The van der Waals surface area contributed by atoms with Gasteiger partial charge in [0.15, 0.2) is 9.92 Å². The number of likely N-dealkylation sites (tertiary alicyclic amines) is 1. The van der Waals surface area contributed by atoms with Crippen LogP contribution in [0.4, 0.5) is 10.5 Å². The molecule has 2 amide bonds. The van der Waals surface area contributed by atoms with E-state index in [-0.39, 0.29) is 6.03 Å². The van der Waals surface area contributed by atoms with Gasteiger partial charge < -0.3 is 14.8 Å². The third-order valence-corrected chi connectivity index (χ3v) is 4.86. The first-order valence-corrected chi connectivity index (χ1v) is 8.70. The number of pyridine rings is 1. The average Bonchev–Trinajstić information content (AvgIpc) is 2.97. The molecule has 2 aromatic rings. The summed E-state index contributed by atoms with van der Waals surface area (Å²) in [5, 5.41) is 10.3. The summed E-state index contributed by atoms with van der Waals surface area (Å²) in [6.45, 7) is 4.18. The van der Waals surface area contributed by atoms with Crippen LogP contribution in [0.5, 0.6) is 0 Å². The minimum absolute atomic E-state index is 0.155. The van der Waals surface area contributed by atoms with E-state index in [0.717, 1.165) is 25.2 Å².